The second kappa shape index (κ2) is 3.66. The summed E-state index contributed by atoms with van der Waals surface area (Å²) in [5, 5.41) is 20.7. The van der Waals surface area contributed by atoms with Crippen molar-refractivity contribution >= 4 is 5.97 Å². The van der Waals surface area contributed by atoms with E-state index in [0.29, 0.717) is 24.2 Å². The summed E-state index contributed by atoms with van der Waals surface area (Å²) in [5.41, 5.74) is -0.297. The Morgan fingerprint density at radius 2 is 2.33 bits per heavy atom. The zero-order valence-corrected chi connectivity index (χ0v) is 9.83. The smallest absolute Gasteiger partial charge is 0.331 e. The van der Waals surface area contributed by atoms with E-state index in [4.69, 9.17) is 4.42 Å². The van der Waals surface area contributed by atoms with Gasteiger partial charge in [-0.1, -0.05) is 0 Å². The normalized spacial score (nSPS) is 17.4. The van der Waals surface area contributed by atoms with Crippen molar-refractivity contribution in [3.05, 3.63) is 18.1 Å². The zero-order valence-electron chi connectivity index (χ0n) is 9.83. The summed E-state index contributed by atoms with van der Waals surface area (Å²) in [7, 11) is 0. The summed E-state index contributed by atoms with van der Waals surface area (Å²) < 4.78 is 6.62. The van der Waals surface area contributed by atoms with Crippen LogP contribution in [0.15, 0.2) is 16.7 Å². The Morgan fingerprint density at radius 3 is 2.83 bits per heavy atom. The molecule has 0 unspecified atom stereocenters. The van der Waals surface area contributed by atoms with Crippen molar-refractivity contribution in [1.29, 1.82) is 0 Å². The average Bonchev–Trinajstić information content (AvgIpc) is 2.84. The van der Waals surface area contributed by atoms with Gasteiger partial charge in [0, 0.05) is 0 Å². The number of aromatic nitrogens is 4. The highest BCUT2D eigenvalue weighted by atomic mass is 16.4. The van der Waals surface area contributed by atoms with Crippen LogP contribution in [-0.2, 0) is 10.3 Å². The molecule has 1 saturated carbocycles. The van der Waals surface area contributed by atoms with E-state index in [1.54, 1.807) is 6.07 Å². The van der Waals surface area contributed by atoms with Crippen LogP contribution in [0, 0.1) is 6.92 Å². The highest BCUT2D eigenvalue weighted by molar-refractivity contribution is 5.78. The molecule has 3 rings (SSSR count). The molecule has 0 bridgehead atoms. The minimum atomic E-state index is -0.996. The molecule has 2 aromatic rings. The largest absolute Gasteiger partial charge is 0.479 e. The Bertz CT molecular complexity index is 597. The predicted molar refractivity (Wildman–Crippen MR) is 59.7 cm³/mol. The molecule has 7 nitrogen and oxygen atoms in total. The van der Waals surface area contributed by atoms with E-state index in [2.05, 4.69) is 15.5 Å². The molecule has 0 amide bonds. The molecule has 18 heavy (non-hydrogen) atoms. The number of tetrazole rings is 1. The van der Waals surface area contributed by atoms with Gasteiger partial charge in [-0.15, -0.1) is 5.10 Å². The summed E-state index contributed by atoms with van der Waals surface area (Å²) in [4.78, 5) is 11.5. The van der Waals surface area contributed by atoms with E-state index in [0.717, 1.165) is 12.2 Å². The predicted octanol–water partition coefficient (Wildman–Crippen LogP) is 1.21. The molecule has 2 heterocycles. The monoisotopic (exact) mass is 248 g/mol. The quantitative estimate of drug-likeness (QED) is 0.877. The standard InChI is InChI=1S/C11H12N4O3/c1-7-5-8(6-18-7)9-12-13-14-15(9)11(10(16)17)3-2-4-11/h5-6H,2-4H2,1H3,(H,16,17). The highest BCUT2D eigenvalue weighted by Gasteiger charge is 2.49. The van der Waals surface area contributed by atoms with Crippen molar-refractivity contribution in [2.75, 3.05) is 0 Å². The fourth-order valence-electron chi connectivity index (χ4n) is 2.24. The van der Waals surface area contributed by atoms with Crippen molar-refractivity contribution in [2.45, 2.75) is 31.7 Å². The summed E-state index contributed by atoms with van der Waals surface area (Å²) in [6.45, 7) is 1.81. The van der Waals surface area contributed by atoms with Gasteiger partial charge in [0.05, 0.1) is 5.56 Å². The van der Waals surface area contributed by atoms with E-state index in [1.807, 2.05) is 6.92 Å². The lowest BCUT2D eigenvalue weighted by molar-refractivity contribution is -0.153. The average molecular weight is 248 g/mol. The Hall–Kier alpha value is -2.18. The van der Waals surface area contributed by atoms with Crippen LogP contribution in [0.3, 0.4) is 0 Å². The van der Waals surface area contributed by atoms with Crippen molar-refractivity contribution < 1.29 is 14.3 Å². The molecule has 0 atom stereocenters. The number of furan rings is 1. The molecule has 1 aliphatic rings. The van der Waals surface area contributed by atoms with Gasteiger partial charge in [0.25, 0.3) is 0 Å². The minimum absolute atomic E-state index is 0.439. The number of rotatable bonds is 3. The zero-order chi connectivity index (χ0) is 12.8. The first-order valence-corrected chi connectivity index (χ1v) is 5.71. The second-order valence-corrected chi connectivity index (χ2v) is 4.55. The lowest BCUT2D eigenvalue weighted by Gasteiger charge is -2.37. The van der Waals surface area contributed by atoms with Crippen LogP contribution in [0.25, 0.3) is 11.4 Å². The van der Waals surface area contributed by atoms with E-state index in [1.165, 1.54) is 10.9 Å². The third-order valence-electron chi connectivity index (χ3n) is 3.44. The van der Waals surface area contributed by atoms with Crippen LogP contribution in [0.1, 0.15) is 25.0 Å². The first-order valence-electron chi connectivity index (χ1n) is 5.71. The third-order valence-corrected chi connectivity index (χ3v) is 3.44. The number of nitrogens with zero attached hydrogens (tertiary/aromatic N) is 4. The van der Waals surface area contributed by atoms with E-state index >= 15 is 0 Å². The maximum absolute atomic E-state index is 11.5. The highest BCUT2D eigenvalue weighted by Crippen LogP contribution is 2.40. The van der Waals surface area contributed by atoms with Gasteiger partial charge in [-0.2, -0.15) is 0 Å². The van der Waals surface area contributed by atoms with Crippen LogP contribution in [0.5, 0.6) is 0 Å². The Labute approximate surface area is 102 Å². The molecule has 0 saturated heterocycles. The SMILES string of the molecule is Cc1cc(-c2nnnn2C2(C(=O)O)CCC2)co1. The van der Waals surface area contributed by atoms with Crippen LogP contribution in [-0.4, -0.2) is 31.3 Å². The lowest BCUT2D eigenvalue weighted by Crippen LogP contribution is -2.48. The molecule has 0 aliphatic heterocycles. The fraction of sp³-hybridized carbons (Fsp3) is 0.455. The Morgan fingerprint density at radius 1 is 1.56 bits per heavy atom. The van der Waals surface area contributed by atoms with Gasteiger partial charge in [-0.05, 0) is 42.7 Å². The van der Waals surface area contributed by atoms with E-state index in [9.17, 15) is 9.90 Å². The maximum atomic E-state index is 11.5. The Kier molecular flexibility index (Phi) is 2.22. The van der Waals surface area contributed by atoms with Crippen molar-refractivity contribution in [1.82, 2.24) is 20.2 Å². The van der Waals surface area contributed by atoms with Crippen LogP contribution < -0.4 is 0 Å². The molecule has 0 radical (unpaired) electrons. The molecular weight excluding hydrogens is 236 g/mol. The fourth-order valence-corrected chi connectivity index (χ4v) is 2.24. The van der Waals surface area contributed by atoms with Gasteiger partial charge in [0.2, 0.25) is 0 Å². The van der Waals surface area contributed by atoms with Gasteiger partial charge in [0.1, 0.15) is 12.0 Å². The van der Waals surface area contributed by atoms with E-state index < -0.39 is 11.5 Å². The van der Waals surface area contributed by atoms with Crippen LogP contribution in [0.4, 0.5) is 0 Å². The first-order chi connectivity index (χ1) is 8.63. The summed E-state index contributed by atoms with van der Waals surface area (Å²) in [6.07, 6.45) is 3.51. The summed E-state index contributed by atoms with van der Waals surface area (Å²) in [5.74, 6) is 0.286. The molecule has 2 aromatic heterocycles. The van der Waals surface area contributed by atoms with Crippen molar-refractivity contribution in [3.63, 3.8) is 0 Å². The minimum Gasteiger partial charge on any atom is -0.479 e. The van der Waals surface area contributed by atoms with Gasteiger partial charge < -0.3 is 9.52 Å². The number of aryl methyl sites for hydroxylation is 1. The summed E-state index contributed by atoms with van der Waals surface area (Å²) in [6, 6.07) is 1.79. The number of hydrogen-bond donors (Lipinski definition) is 1. The molecule has 1 fully saturated rings. The summed E-state index contributed by atoms with van der Waals surface area (Å²) >= 11 is 0. The van der Waals surface area contributed by atoms with Gasteiger partial charge in [0.15, 0.2) is 11.4 Å². The van der Waals surface area contributed by atoms with Crippen LogP contribution in [0.2, 0.25) is 0 Å². The number of aliphatic carboxylic acids is 1. The molecule has 7 heteroatoms. The number of carboxylic acid groups (broad SMARTS) is 1. The maximum Gasteiger partial charge on any atom is 0.331 e. The number of carboxylic acids is 1. The lowest BCUT2D eigenvalue weighted by atomic mass is 9.77. The molecule has 0 aromatic carbocycles. The van der Waals surface area contributed by atoms with Crippen molar-refractivity contribution in [2.24, 2.45) is 0 Å². The number of carbonyl (C=O) groups is 1. The third kappa shape index (κ3) is 1.36. The topological polar surface area (TPSA) is 94.0 Å². The van der Waals surface area contributed by atoms with Gasteiger partial charge in [-0.3, -0.25) is 0 Å². The van der Waals surface area contributed by atoms with Gasteiger partial charge >= 0.3 is 5.97 Å². The van der Waals surface area contributed by atoms with Gasteiger partial charge in [-0.25, -0.2) is 9.48 Å². The van der Waals surface area contributed by atoms with Crippen LogP contribution >= 0.6 is 0 Å². The molecule has 1 N–H and O–H groups in total. The van der Waals surface area contributed by atoms with E-state index in [-0.39, 0.29) is 0 Å². The first kappa shape index (κ1) is 10.9. The second-order valence-electron chi connectivity index (χ2n) is 4.55. The molecular formula is C11H12N4O3. The molecule has 94 valence electrons. The van der Waals surface area contributed by atoms with Crippen molar-refractivity contribution in [3.8, 4) is 11.4 Å². The molecule has 1 aliphatic carbocycles. The number of hydrogen-bond acceptors (Lipinski definition) is 5. The molecule has 0 spiro atoms. The Balaban J connectivity index is 2.09.